The number of aromatic nitrogens is 1. The molecule has 3 aromatic rings. The molecule has 11 nitrogen and oxygen atoms in total. The number of methoxy groups -OCH3 is 3. The number of ether oxygens (including phenoxy) is 3. The highest BCUT2D eigenvalue weighted by atomic mass is 35.5. The monoisotopic (exact) mass is 556 g/mol. The molecule has 1 aliphatic heterocycles. The molecule has 0 atom stereocenters. The van der Waals surface area contributed by atoms with E-state index < -0.39 is 23.7 Å². The van der Waals surface area contributed by atoms with Crippen molar-refractivity contribution < 1.29 is 33.4 Å². The quantitative estimate of drug-likeness (QED) is 0.312. The number of thiazole rings is 1. The number of rotatable bonds is 8. The Kier molecular flexibility index (Phi) is 7.65. The van der Waals surface area contributed by atoms with Crippen molar-refractivity contribution >= 4 is 63.1 Å². The average molecular weight is 557 g/mol. The Balaban J connectivity index is 1.49. The Morgan fingerprint density at radius 2 is 1.71 bits per heavy atom. The number of halogens is 1. The second-order valence-electron chi connectivity index (χ2n) is 7.75. The maximum absolute atomic E-state index is 13.2. The van der Waals surface area contributed by atoms with Crippen molar-refractivity contribution in [1.82, 2.24) is 4.98 Å². The zero-order valence-corrected chi connectivity index (χ0v) is 22.2. The van der Waals surface area contributed by atoms with E-state index in [0.717, 1.165) is 16.2 Å². The largest absolute Gasteiger partial charge is 0.497 e. The van der Waals surface area contributed by atoms with Gasteiger partial charge in [0.25, 0.3) is 17.7 Å². The topological polar surface area (TPSA) is 136 Å². The van der Waals surface area contributed by atoms with E-state index in [0.29, 0.717) is 27.6 Å². The van der Waals surface area contributed by atoms with Crippen molar-refractivity contribution in [3.8, 4) is 11.5 Å². The van der Waals surface area contributed by atoms with Crippen LogP contribution >= 0.6 is 22.9 Å². The average Bonchev–Trinajstić information content (AvgIpc) is 3.39. The fourth-order valence-corrected chi connectivity index (χ4v) is 4.64. The lowest BCUT2D eigenvalue weighted by Crippen LogP contribution is -2.32. The van der Waals surface area contributed by atoms with Gasteiger partial charge in [0.15, 0.2) is 5.13 Å². The number of carbonyl (C=O) groups is 4. The molecule has 0 unspecified atom stereocenters. The molecule has 0 fully saturated rings. The second-order valence-corrected chi connectivity index (χ2v) is 9.13. The van der Waals surface area contributed by atoms with Crippen LogP contribution in [0.1, 0.15) is 25.7 Å². The maximum Gasteiger partial charge on any atom is 0.350 e. The first-order valence-corrected chi connectivity index (χ1v) is 12.1. The second kappa shape index (κ2) is 10.9. The first-order valence-electron chi connectivity index (χ1n) is 10.9. The molecule has 0 saturated heterocycles. The standard InChI is InChI=1S/C25H21ClN4O7S/c1-12-20(24(34)37-4)38-25(27-12)29-21(31)13-5-7-14(8-6-13)28-19-18(26)22(32)30(23(19)33)16-11-15(35-2)9-10-17(16)36-3/h5-11,28H,1-4H3,(H,27,29,31). The van der Waals surface area contributed by atoms with Gasteiger partial charge in [-0.3, -0.25) is 19.7 Å². The molecule has 1 aliphatic rings. The number of carbonyl (C=O) groups excluding carboxylic acids is 4. The highest BCUT2D eigenvalue weighted by Crippen LogP contribution is 2.38. The fraction of sp³-hybridized carbons (Fsp3) is 0.160. The molecule has 1 aromatic heterocycles. The van der Waals surface area contributed by atoms with Gasteiger partial charge >= 0.3 is 5.97 Å². The number of aryl methyl sites for hydroxylation is 1. The molecule has 0 aliphatic carbocycles. The van der Waals surface area contributed by atoms with E-state index in [1.807, 2.05) is 0 Å². The normalized spacial score (nSPS) is 13.0. The lowest BCUT2D eigenvalue weighted by Gasteiger charge is -2.19. The highest BCUT2D eigenvalue weighted by Gasteiger charge is 2.40. The summed E-state index contributed by atoms with van der Waals surface area (Å²) in [6.07, 6.45) is 0. The molecule has 13 heteroatoms. The Hall–Kier alpha value is -4.42. The van der Waals surface area contributed by atoms with Crippen LogP contribution in [0.4, 0.5) is 16.5 Å². The van der Waals surface area contributed by atoms with E-state index in [4.69, 9.17) is 25.8 Å². The summed E-state index contributed by atoms with van der Waals surface area (Å²) < 4.78 is 15.2. The van der Waals surface area contributed by atoms with Gasteiger partial charge in [0.05, 0.1) is 32.7 Å². The summed E-state index contributed by atoms with van der Waals surface area (Å²) in [4.78, 5) is 55.8. The Morgan fingerprint density at radius 1 is 1.00 bits per heavy atom. The number of anilines is 3. The minimum atomic E-state index is -0.730. The number of hydrogen-bond donors (Lipinski definition) is 2. The molecular formula is C25H21ClN4O7S. The molecular weight excluding hydrogens is 536 g/mol. The van der Waals surface area contributed by atoms with Crippen LogP contribution in [0.5, 0.6) is 11.5 Å². The molecule has 0 spiro atoms. The summed E-state index contributed by atoms with van der Waals surface area (Å²) >= 11 is 7.24. The summed E-state index contributed by atoms with van der Waals surface area (Å²) in [5.74, 6) is -1.71. The van der Waals surface area contributed by atoms with Crippen LogP contribution in [0.15, 0.2) is 53.2 Å². The predicted molar refractivity (Wildman–Crippen MR) is 141 cm³/mol. The smallest absolute Gasteiger partial charge is 0.350 e. The van der Waals surface area contributed by atoms with E-state index in [1.54, 1.807) is 31.2 Å². The number of imide groups is 1. The van der Waals surface area contributed by atoms with Gasteiger partial charge in [-0.1, -0.05) is 22.9 Å². The molecule has 0 radical (unpaired) electrons. The van der Waals surface area contributed by atoms with Gasteiger partial charge in [-0.15, -0.1) is 0 Å². The summed E-state index contributed by atoms with van der Waals surface area (Å²) in [5, 5.41) is 5.43. The van der Waals surface area contributed by atoms with E-state index >= 15 is 0 Å². The minimum absolute atomic E-state index is 0.132. The third-order valence-electron chi connectivity index (χ3n) is 5.46. The molecule has 2 heterocycles. The number of benzene rings is 2. The van der Waals surface area contributed by atoms with Gasteiger partial charge in [0.2, 0.25) is 0 Å². The first-order chi connectivity index (χ1) is 18.2. The van der Waals surface area contributed by atoms with Crippen molar-refractivity contribution in [3.63, 3.8) is 0 Å². The van der Waals surface area contributed by atoms with Crippen LogP contribution in [-0.2, 0) is 14.3 Å². The lowest BCUT2D eigenvalue weighted by atomic mass is 10.2. The van der Waals surface area contributed by atoms with Crippen LogP contribution in [0.2, 0.25) is 0 Å². The van der Waals surface area contributed by atoms with Crippen LogP contribution in [0.25, 0.3) is 0 Å². The van der Waals surface area contributed by atoms with Crippen molar-refractivity contribution in [2.75, 3.05) is 36.9 Å². The van der Waals surface area contributed by atoms with Gasteiger partial charge in [0.1, 0.15) is 27.1 Å². The minimum Gasteiger partial charge on any atom is -0.497 e. The summed E-state index contributed by atoms with van der Waals surface area (Å²) in [5.41, 5.74) is 1.19. The third-order valence-corrected chi connectivity index (χ3v) is 6.86. The zero-order chi connectivity index (χ0) is 27.6. The molecule has 4 rings (SSSR count). The van der Waals surface area contributed by atoms with Crippen molar-refractivity contribution in [3.05, 3.63) is 69.3 Å². The molecule has 3 amide bonds. The van der Waals surface area contributed by atoms with Gasteiger partial charge in [0, 0.05) is 17.3 Å². The number of esters is 1. The Labute approximate surface area is 226 Å². The van der Waals surface area contributed by atoms with E-state index in [-0.39, 0.29) is 27.3 Å². The highest BCUT2D eigenvalue weighted by molar-refractivity contribution is 7.17. The SMILES string of the molecule is COC(=O)c1sc(NC(=O)c2ccc(NC3=C(Cl)C(=O)N(c4cc(OC)ccc4OC)C3=O)cc2)nc1C. The summed E-state index contributed by atoms with van der Waals surface area (Å²) in [7, 11) is 4.13. The molecule has 2 aromatic carbocycles. The number of hydrogen-bond acceptors (Lipinski definition) is 10. The van der Waals surface area contributed by atoms with Crippen LogP contribution in [0.3, 0.4) is 0 Å². The number of nitrogens with one attached hydrogen (secondary N) is 2. The zero-order valence-electron chi connectivity index (χ0n) is 20.6. The van der Waals surface area contributed by atoms with Gasteiger partial charge in [-0.2, -0.15) is 0 Å². The molecule has 0 saturated carbocycles. The molecule has 38 heavy (non-hydrogen) atoms. The van der Waals surface area contributed by atoms with Gasteiger partial charge in [-0.25, -0.2) is 14.7 Å². The summed E-state index contributed by atoms with van der Waals surface area (Å²) in [6, 6.07) is 10.8. The number of nitrogens with zero attached hydrogens (tertiary/aromatic N) is 2. The Bertz CT molecular complexity index is 1480. The third kappa shape index (κ3) is 5.04. The van der Waals surface area contributed by atoms with Crippen molar-refractivity contribution in [1.29, 1.82) is 0 Å². The van der Waals surface area contributed by atoms with Crippen LogP contribution in [0, 0.1) is 6.92 Å². The molecule has 0 bridgehead atoms. The Morgan fingerprint density at radius 3 is 2.34 bits per heavy atom. The van der Waals surface area contributed by atoms with E-state index in [1.165, 1.54) is 39.5 Å². The molecule has 196 valence electrons. The predicted octanol–water partition coefficient (Wildman–Crippen LogP) is 3.94. The van der Waals surface area contributed by atoms with Gasteiger partial charge in [-0.05, 0) is 43.3 Å². The van der Waals surface area contributed by atoms with Crippen LogP contribution in [-0.4, -0.2) is 50.0 Å². The lowest BCUT2D eigenvalue weighted by molar-refractivity contribution is -0.120. The number of amides is 3. The summed E-state index contributed by atoms with van der Waals surface area (Å²) in [6.45, 7) is 1.64. The van der Waals surface area contributed by atoms with Crippen molar-refractivity contribution in [2.45, 2.75) is 6.92 Å². The molecule has 2 N–H and O–H groups in total. The van der Waals surface area contributed by atoms with E-state index in [9.17, 15) is 19.2 Å². The van der Waals surface area contributed by atoms with Gasteiger partial charge < -0.3 is 19.5 Å². The van der Waals surface area contributed by atoms with Crippen LogP contribution < -0.4 is 25.0 Å². The fourth-order valence-electron chi connectivity index (χ4n) is 3.55. The van der Waals surface area contributed by atoms with Crippen molar-refractivity contribution in [2.24, 2.45) is 0 Å². The maximum atomic E-state index is 13.2. The van der Waals surface area contributed by atoms with E-state index in [2.05, 4.69) is 15.6 Å². The first kappa shape index (κ1) is 26.6.